The van der Waals surface area contributed by atoms with Gasteiger partial charge in [0, 0.05) is 38.4 Å². The smallest absolute Gasteiger partial charge is 0.164 e. The van der Waals surface area contributed by atoms with Crippen LogP contribution in [0, 0.1) is 5.92 Å². The Morgan fingerprint density at radius 3 is 2.04 bits per heavy atom. The number of aromatic nitrogens is 4. The summed E-state index contributed by atoms with van der Waals surface area (Å²) in [4.78, 5) is 15.3. The van der Waals surface area contributed by atoms with Crippen molar-refractivity contribution in [2.45, 2.75) is 32.8 Å². The molecular weight excluding hydrogens is 869 g/mol. The quantitative estimate of drug-likeness (QED) is 0.159. The van der Waals surface area contributed by atoms with Crippen LogP contribution in [-0.4, -0.2) is 19.5 Å². The lowest BCUT2D eigenvalue weighted by molar-refractivity contribution is 0.302. The van der Waals surface area contributed by atoms with E-state index < -0.39 is 0 Å². The molecular formula is C65H46N4O2. The molecule has 14 rings (SSSR count). The number of benzene rings is 8. The average molecular weight is 915 g/mol. The van der Waals surface area contributed by atoms with Gasteiger partial charge in [-0.15, -0.1) is 0 Å². The van der Waals surface area contributed by atoms with Gasteiger partial charge < -0.3 is 13.7 Å². The molecule has 6 nitrogen and oxygen atoms in total. The third-order valence-corrected chi connectivity index (χ3v) is 14.6. The Hall–Kier alpha value is -8.87. The first-order valence-corrected chi connectivity index (χ1v) is 24.6. The number of rotatable bonds is 7. The summed E-state index contributed by atoms with van der Waals surface area (Å²) in [5.41, 5.74) is 18.7. The number of hydrogen-bond donors (Lipinski definition) is 0. The Balaban J connectivity index is 0.880. The minimum Gasteiger partial charge on any atom is -0.488 e. The molecule has 1 atom stereocenters. The number of fused-ring (bicyclic) bond motifs is 9. The molecule has 0 amide bonds. The summed E-state index contributed by atoms with van der Waals surface area (Å²) >= 11 is 0. The first-order chi connectivity index (χ1) is 35.1. The van der Waals surface area contributed by atoms with E-state index in [2.05, 4.69) is 212 Å². The summed E-state index contributed by atoms with van der Waals surface area (Å²) in [6.45, 7) is 2.72. The SMILES string of the molecule is CC1C=Cc2oc3cc(-c4ccc5c(c4)-c4ccc(-c6nc(C7=CC=CCC7)nc(-c7ccc(-c8ccccc8)cc7)n6)cc4CO5)cc(-n4c5ccccc5c5cc(-c6ccccc6)ccc54)c3c2C1. The molecule has 4 heterocycles. The second kappa shape index (κ2) is 16.7. The Labute approximate surface area is 411 Å². The van der Waals surface area contributed by atoms with Crippen LogP contribution in [0.25, 0.3) is 117 Å². The van der Waals surface area contributed by atoms with E-state index in [1.165, 1.54) is 38.4 Å². The molecule has 0 fully saturated rings. The van der Waals surface area contributed by atoms with Crippen molar-refractivity contribution in [1.29, 1.82) is 0 Å². The number of allylic oxidation sites excluding steroid dienone is 5. The number of para-hydroxylation sites is 1. The van der Waals surface area contributed by atoms with Gasteiger partial charge in [-0.2, -0.15) is 0 Å². The maximum atomic E-state index is 6.82. The van der Waals surface area contributed by atoms with Crippen LogP contribution >= 0.6 is 0 Å². The molecule has 0 saturated heterocycles. The third kappa shape index (κ3) is 7.13. The molecule has 2 aliphatic carbocycles. The highest BCUT2D eigenvalue weighted by atomic mass is 16.5. The first kappa shape index (κ1) is 41.1. The van der Waals surface area contributed by atoms with Gasteiger partial charge in [-0.1, -0.05) is 159 Å². The topological polar surface area (TPSA) is 66.0 Å². The van der Waals surface area contributed by atoms with Crippen molar-refractivity contribution < 1.29 is 9.15 Å². The largest absolute Gasteiger partial charge is 0.488 e. The predicted molar refractivity (Wildman–Crippen MR) is 289 cm³/mol. The number of furan rings is 1. The van der Waals surface area contributed by atoms with Crippen LogP contribution in [0.5, 0.6) is 5.75 Å². The Morgan fingerprint density at radius 2 is 1.23 bits per heavy atom. The number of ether oxygens (including phenoxy) is 1. The van der Waals surface area contributed by atoms with E-state index in [1.807, 2.05) is 6.07 Å². The highest BCUT2D eigenvalue weighted by molar-refractivity contribution is 6.12. The van der Waals surface area contributed by atoms with E-state index >= 15 is 0 Å². The van der Waals surface area contributed by atoms with Crippen molar-refractivity contribution in [1.82, 2.24) is 19.5 Å². The van der Waals surface area contributed by atoms with Gasteiger partial charge in [0.2, 0.25) is 0 Å². The van der Waals surface area contributed by atoms with Crippen LogP contribution < -0.4 is 4.74 Å². The van der Waals surface area contributed by atoms with Gasteiger partial charge in [-0.3, -0.25) is 0 Å². The summed E-state index contributed by atoms with van der Waals surface area (Å²) < 4.78 is 15.8. The number of hydrogen-bond acceptors (Lipinski definition) is 5. The molecule has 6 heteroatoms. The van der Waals surface area contributed by atoms with Crippen LogP contribution in [0.15, 0.2) is 205 Å². The maximum Gasteiger partial charge on any atom is 0.164 e. The predicted octanol–water partition coefficient (Wildman–Crippen LogP) is 16.5. The zero-order valence-corrected chi connectivity index (χ0v) is 39.1. The minimum absolute atomic E-state index is 0.405. The zero-order valence-electron chi connectivity index (χ0n) is 39.1. The van der Waals surface area contributed by atoms with Crippen LogP contribution in [0.2, 0.25) is 0 Å². The van der Waals surface area contributed by atoms with Crippen molar-refractivity contribution in [2.24, 2.45) is 5.92 Å². The zero-order chi connectivity index (χ0) is 47.0. The second-order valence-corrected chi connectivity index (χ2v) is 19.1. The van der Waals surface area contributed by atoms with Crippen molar-refractivity contribution in [3.8, 4) is 78.7 Å². The summed E-state index contributed by atoms with van der Waals surface area (Å²) in [7, 11) is 0. The van der Waals surface area contributed by atoms with E-state index in [9.17, 15) is 0 Å². The normalized spacial score (nSPS) is 14.8. The fraction of sp³-hybridized carbons (Fsp3) is 0.0923. The highest BCUT2D eigenvalue weighted by Gasteiger charge is 2.26. The molecule has 1 unspecified atom stereocenters. The van der Waals surface area contributed by atoms with Gasteiger partial charge in [0.1, 0.15) is 23.7 Å². The minimum atomic E-state index is 0.405. The Bertz CT molecular complexity index is 4030. The molecule has 71 heavy (non-hydrogen) atoms. The van der Waals surface area contributed by atoms with E-state index in [-0.39, 0.29) is 0 Å². The van der Waals surface area contributed by atoms with Gasteiger partial charge in [-0.25, -0.2) is 15.0 Å². The maximum absolute atomic E-state index is 6.82. The van der Waals surface area contributed by atoms with Crippen molar-refractivity contribution in [2.75, 3.05) is 0 Å². The van der Waals surface area contributed by atoms with Gasteiger partial charge in [0.15, 0.2) is 17.5 Å². The van der Waals surface area contributed by atoms with E-state index in [0.29, 0.717) is 30.0 Å². The molecule has 0 radical (unpaired) electrons. The third-order valence-electron chi connectivity index (χ3n) is 14.6. The highest BCUT2D eigenvalue weighted by Crippen LogP contribution is 2.46. The van der Waals surface area contributed by atoms with Crippen LogP contribution in [0.1, 0.15) is 42.5 Å². The lowest BCUT2D eigenvalue weighted by Gasteiger charge is -2.22. The van der Waals surface area contributed by atoms with Crippen LogP contribution in [0.3, 0.4) is 0 Å². The monoisotopic (exact) mass is 914 g/mol. The lowest BCUT2D eigenvalue weighted by Crippen LogP contribution is -2.07. The van der Waals surface area contributed by atoms with Gasteiger partial charge in [-0.05, 0) is 130 Å². The molecule has 3 aliphatic rings. The number of nitrogens with zero attached hydrogens (tertiary/aromatic N) is 4. The summed E-state index contributed by atoms with van der Waals surface area (Å²) in [6.07, 6.45) is 13.6. The lowest BCUT2D eigenvalue weighted by atomic mass is 9.90. The molecule has 0 spiro atoms. The van der Waals surface area contributed by atoms with Gasteiger partial charge in [0.25, 0.3) is 0 Å². The van der Waals surface area contributed by atoms with E-state index in [4.69, 9.17) is 24.1 Å². The molecule has 0 bridgehead atoms. The fourth-order valence-corrected chi connectivity index (χ4v) is 11.0. The molecule has 11 aromatic rings. The average Bonchev–Trinajstić information content (AvgIpc) is 3.98. The standard InChI is InChI=1S/C65H46N4O2/c1-40-21-31-60-55(33-40)62-58(69-56-20-12-11-19-52(56)53-35-46(27-30-57(53)69)42-15-7-3-8-16-42)37-49(38-61(62)71-60)47-28-32-59-54(36-47)51-29-26-48(34-50(51)39-70-59)65-67-63(44-17-9-4-10-18-44)66-64(68-65)45-24-22-43(23-25-45)41-13-5-2-6-14-41/h2-9,11-17,19-32,34-38,40H,10,18,33,39H2,1H3. The van der Waals surface area contributed by atoms with Crippen LogP contribution in [0.4, 0.5) is 0 Å². The first-order valence-electron chi connectivity index (χ1n) is 24.6. The van der Waals surface area contributed by atoms with Crippen LogP contribution in [-0.2, 0) is 13.0 Å². The molecule has 1 aliphatic heterocycles. The van der Waals surface area contributed by atoms with Crippen molar-refractivity contribution in [3.05, 3.63) is 223 Å². The van der Waals surface area contributed by atoms with Crippen molar-refractivity contribution in [3.63, 3.8) is 0 Å². The molecule has 0 N–H and O–H groups in total. The molecule has 0 saturated carbocycles. The molecule has 3 aromatic heterocycles. The summed E-state index contributed by atoms with van der Waals surface area (Å²) in [5.74, 6) is 4.21. The summed E-state index contributed by atoms with van der Waals surface area (Å²) in [6, 6.07) is 63.0. The van der Waals surface area contributed by atoms with Crippen molar-refractivity contribution >= 4 is 44.4 Å². The Morgan fingerprint density at radius 1 is 0.549 bits per heavy atom. The summed E-state index contributed by atoms with van der Waals surface area (Å²) in [5, 5.41) is 3.61. The fourth-order valence-electron chi connectivity index (χ4n) is 11.0. The Kier molecular flexibility index (Phi) is 9.66. The van der Waals surface area contributed by atoms with E-state index in [1.54, 1.807) is 0 Å². The molecule has 8 aromatic carbocycles. The second-order valence-electron chi connectivity index (χ2n) is 19.1. The van der Waals surface area contributed by atoms with E-state index in [0.717, 1.165) is 103 Å². The molecule has 338 valence electrons. The van der Waals surface area contributed by atoms with Gasteiger partial charge >= 0.3 is 0 Å². The van der Waals surface area contributed by atoms with Gasteiger partial charge in [0.05, 0.1) is 16.7 Å².